The highest BCUT2D eigenvalue weighted by atomic mass is 16.1. The molecule has 0 aromatic heterocycles. The zero-order valence-electron chi connectivity index (χ0n) is 11.4. The van der Waals surface area contributed by atoms with Crippen LogP contribution in [-0.4, -0.2) is 19.0 Å². The molecule has 3 heteroatoms. The second-order valence-electron chi connectivity index (χ2n) is 5.35. The highest BCUT2D eigenvalue weighted by molar-refractivity contribution is 5.79. The predicted molar refractivity (Wildman–Crippen MR) is 73.3 cm³/mol. The molecule has 0 aliphatic carbocycles. The summed E-state index contributed by atoms with van der Waals surface area (Å²) in [5.74, 6) is 0.754. The van der Waals surface area contributed by atoms with Crippen LogP contribution in [0.3, 0.4) is 0 Å². The van der Waals surface area contributed by atoms with E-state index in [1.54, 1.807) is 0 Å². The van der Waals surface area contributed by atoms with Crippen molar-refractivity contribution in [3.8, 4) is 0 Å². The van der Waals surface area contributed by atoms with Gasteiger partial charge in [0.2, 0.25) is 5.91 Å². The van der Waals surface area contributed by atoms with Crippen LogP contribution in [-0.2, 0) is 4.79 Å². The van der Waals surface area contributed by atoms with Crippen molar-refractivity contribution in [1.82, 2.24) is 10.6 Å². The Balaban J connectivity index is 1.91. The Morgan fingerprint density at radius 1 is 1.28 bits per heavy atom. The number of amides is 1. The van der Waals surface area contributed by atoms with Gasteiger partial charge in [-0.3, -0.25) is 4.79 Å². The van der Waals surface area contributed by atoms with Crippen molar-refractivity contribution >= 4 is 5.91 Å². The van der Waals surface area contributed by atoms with E-state index in [0.717, 1.165) is 18.7 Å². The van der Waals surface area contributed by atoms with E-state index in [1.165, 1.54) is 5.56 Å². The average Bonchev–Trinajstić information content (AvgIpc) is 2.27. The molecule has 1 aromatic rings. The fourth-order valence-corrected chi connectivity index (χ4v) is 2.16. The highest BCUT2D eigenvalue weighted by Crippen LogP contribution is 2.18. The molecular weight excluding hydrogens is 224 g/mol. The molecule has 2 unspecified atom stereocenters. The zero-order chi connectivity index (χ0) is 13.1. The van der Waals surface area contributed by atoms with Crippen LogP contribution in [0.15, 0.2) is 24.3 Å². The number of hydrogen-bond acceptors (Lipinski definition) is 2. The molecule has 1 amide bonds. The van der Waals surface area contributed by atoms with Gasteiger partial charge in [-0.15, -0.1) is 0 Å². The number of carbonyl (C=O) groups excluding carboxylic acids is 1. The van der Waals surface area contributed by atoms with E-state index >= 15 is 0 Å². The van der Waals surface area contributed by atoms with Gasteiger partial charge in [-0.2, -0.15) is 0 Å². The summed E-state index contributed by atoms with van der Waals surface area (Å²) in [7, 11) is 0. The molecule has 18 heavy (non-hydrogen) atoms. The van der Waals surface area contributed by atoms with E-state index in [1.807, 2.05) is 13.8 Å². The summed E-state index contributed by atoms with van der Waals surface area (Å²) in [6.45, 7) is 8.05. The van der Waals surface area contributed by atoms with Gasteiger partial charge in [-0.1, -0.05) is 36.8 Å². The quantitative estimate of drug-likeness (QED) is 0.853. The molecule has 2 atom stereocenters. The van der Waals surface area contributed by atoms with Crippen molar-refractivity contribution in [3.63, 3.8) is 0 Å². The third-order valence-electron chi connectivity index (χ3n) is 3.87. The Bertz CT molecular complexity index is 409. The molecule has 1 aliphatic heterocycles. The Labute approximate surface area is 109 Å². The van der Waals surface area contributed by atoms with Gasteiger partial charge in [0.25, 0.3) is 0 Å². The van der Waals surface area contributed by atoms with Gasteiger partial charge in [0.15, 0.2) is 0 Å². The van der Waals surface area contributed by atoms with Crippen LogP contribution in [0, 0.1) is 18.8 Å². The van der Waals surface area contributed by atoms with Crippen molar-refractivity contribution in [2.75, 3.05) is 13.1 Å². The molecular formula is C15H22N2O. The van der Waals surface area contributed by atoms with Gasteiger partial charge >= 0.3 is 0 Å². The van der Waals surface area contributed by atoms with Gasteiger partial charge in [0.05, 0.1) is 6.04 Å². The number of rotatable bonds is 4. The maximum atomic E-state index is 12.1. The van der Waals surface area contributed by atoms with Crippen molar-refractivity contribution in [2.45, 2.75) is 26.8 Å². The van der Waals surface area contributed by atoms with E-state index in [4.69, 9.17) is 0 Å². The lowest BCUT2D eigenvalue weighted by Crippen LogP contribution is -2.49. The van der Waals surface area contributed by atoms with Crippen LogP contribution in [0.1, 0.15) is 31.0 Å². The first kappa shape index (κ1) is 13.1. The number of benzene rings is 1. The SMILES string of the molecule is Cc1ccc(C(C)NC(=O)C(C)C2CNC2)cc1. The van der Waals surface area contributed by atoms with Crippen molar-refractivity contribution < 1.29 is 4.79 Å². The molecule has 0 saturated carbocycles. The Kier molecular flexibility index (Phi) is 4.02. The van der Waals surface area contributed by atoms with E-state index < -0.39 is 0 Å². The third kappa shape index (κ3) is 2.91. The highest BCUT2D eigenvalue weighted by Gasteiger charge is 2.29. The zero-order valence-corrected chi connectivity index (χ0v) is 11.4. The van der Waals surface area contributed by atoms with E-state index in [-0.39, 0.29) is 17.9 Å². The Morgan fingerprint density at radius 3 is 2.39 bits per heavy atom. The topological polar surface area (TPSA) is 41.1 Å². The average molecular weight is 246 g/mol. The van der Waals surface area contributed by atoms with Crippen molar-refractivity contribution in [1.29, 1.82) is 0 Å². The summed E-state index contributed by atoms with van der Waals surface area (Å²) in [6.07, 6.45) is 0. The summed E-state index contributed by atoms with van der Waals surface area (Å²) in [6, 6.07) is 8.40. The number of hydrogen-bond donors (Lipinski definition) is 2. The molecule has 1 heterocycles. The maximum absolute atomic E-state index is 12.1. The molecule has 1 saturated heterocycles. The van der Waals surface area contributed by atoms with E-state index in [0.29, 0.717) is 5.92 Å². The summed E-state index contributed by atoms with van der Waals surface area (Å²) >= 11 is 0. The van der Waals surface area contributed by atoms with Gasteiger partial charge < -0.3 is 10.6 Å². The summed E-state index contributed by atoms with van der Waals surface area (Å²) in [5, 5.41) is 6.31. The largest absolute Gasteiger partial charge is 0.349 e. The third-order valence-corrected chi connectivity index (χ3v) is 3.87. The molecule has 0 radical (unpaired) electrons. The molecule has 98 valence electrons. The standard InChI is InChI=1S/C15H22N2O/c1-10-4-6-13(7-5-10)12(3)17-15(18)11(2)14-8-16-9-14/h4-7,11-12,14,16H,8-9H2,1-3H3,(H,17,18). The van der Waals surface area contributed by atoms with Crippen LogP contribution in [0.2, 0.25) is 0 Å². The molecule has 3 nitrogen and oxygen atoms in total. The molecule has 1 aromatic carbocycles. The summed E-state index contributed by atoms with van der Waals surface area (Å²) in [4.78, 5) is 12.1. The van der Waals surface area contributed by atoms with Crippen LogP contribution in [0.25, 0.3) is 0 Å². The van der Waals surface area contributed by atoms with E-state index in [9.17, 15) is 4.79 Å². The predicted octanol–water partition coefficient (Wildman–Crippen LogP) is 2.03. The van der Waals surface area contributed by atoms with Gasteiger partial charge in [-0.25, -0.2) is 0 Å². The van der Waals surface area contributed by atoms with Gasteiger partial charge in [-0.05, 0) is 38.4 Å². The first-order valence-corrected chi connectivity index (χ1v) is 6.65. The molecule has 0 bridgehead atoms. The maximum Gasteiger partial charge on any atom is 0.223 e. The summed E-state index contributed by atoms with van der Waals surface area (Å²) in [5.41, 5.74) is 2.40. The second kappa shape index (κ2) is 5.53. The lowest BCUT2D eigenvalue weighted by Gasteiger charge is -2.32. The fourth-order valence-electron chi connectivity index (χ4n) is 2.16. The number of aryl methyl sites for hydroxylation is 1. The van der Waals surface area contributed by atoms with Crippen LogP contribution >= 0.6 is 0 Å². The molecule has 2 N–H and O–H groups in total. The van der Waals surface area contributed by atoms with Crippen LogP contribution in [0.4, 0.5) is 0 Å². The first-order valence-electron chi connectivity index (χ1n) is 6.65. The van der Waals surface area contributed by atoms with Crippen molar-refractivity contribution in [2.24, 2.45) is 11.8 Å². The van der Waals surface area contributed by atoms with Crippen molar-refractivity contribution in [3.05, 3.63) is 35.4 Å². The first-order chi connectivity index (χ1) is 8.58. The minimum atomic E-state index is 0.0774. The number of carbonyl (C=O) groups is 1. The Morgan fingerprint density at radius 2 is 1.89 bits per heavy atom. The van der Waals surface area contributed by atoms with Gasteiger partial charge in [0.1, 0.15) is 0 Å². The lowest BCUT2D eigenvalue weighted by atomic mass is 9.88. The lowest BCUT2D eigenvalue weighted by molar-refractivity contribution is -0.127. The molecule has 2 rings (SSSR count). The molecule has 1 fully saturated rings. The molecule has 1 aliphatic rings. The minimum Gasteiger partial charge on any atom is -0.349 e. The number of nitrogens with one attached hydrogen (secondary N) is 2. The second-order valence-corrected chi connectivity index (χ2v) is 5.35. The molecule has 0 spiro atoms. The normalized spacial score (nSPS) is 18.8. The Hall–Kier alpha value is -1.35. The summed E-state index contributed by atoms with van der Waals surface area (Å²) < 4.78 is 0. The van der Waals surface area contributed by atoms with Crippen LogP contribution < -0.4 is 10.6 Å². The minimum absolute atomic E-state index is 0.0774. The van der Waals surface area contributed by atoms with Gasteiger partial charge in [0, 0.05) is 5.92 Å². The monoisotopic (exact) mass is 246 g/mol. The van der Waals surface area contributed by atoms with Crippen LogP contribution in [0.5, 0.6) is 0 Å². The smallest absolute Gasteiger partial charge is 0.223 e. The van der Waals surface area contributed by atoms with E-state index in [2.05, 4.69) is 41.8 Å². The fraction of sp³-hybridized carbons (Fsp3) is 0.533.